The molecule has 3 nitrogen and oxygen atoms in total. The number of nitrogens with zero attached hydrogens (tertiary/aromatic N) is 1. The van der Waals surface area contributed by atoms with Crippen LogP contribution in [0.2, 0.25) is 0 Å². The Hall–Kier alpha value is -1.64. The van der Waals surface area contributed by atoms with E-state index in [0.717, 1.165) is 31.5 Å². The molecule has 0 fully saturated rings. The van der Waals surface area contributed by atoms with E-state index in [-0.39, 0.29) is 18.1 Å². The number of amides is 1. The highest BCUT2D eigenvalue weighted by Crippen LogP contribution is 2.26. The van der Waals surface area contributed by atoms with Crippen LogP contribution in [0.5, 0.6) is 0 Å². The van der Waals surface area contributed by atoms with Gasteiger partial charge in [-0.15, -0.1) is 0 Å². The lowest BCUT2D eigenvalue weighted by Gasteiger charge is -2.22. The van der Waals surface area contributed by atoms with Gasteiger partial charge in [-0.1, -0.05) is 18.2 Å². The Morgan fingerprint density at radius 3 is 2.76 bits per heavy atom. The maximum Gasteiger partial charge on any atom is 0.234 e. The second-order valence-corrected chi connectivity index (χ2v) is 4.51. The summed E-state index contributed by atoms with van der Waals surface area (Å²) >= 11 is 0. The zero-order chi connectivity index (χ0) is 12.3. The first kappa shape index (κ1) is 11.8. The van der Waals surface area contributed by atoms with E-state index in [2.05, 4.69) is 6.07 Å². The molecule has 0 aliphatic carbocycles. The van der Waals surface area contributed by atoms with Crippen LogP contribution >= 0.6 is 0 Å². The van der Waals surface area contributed by atoms with Crippen molar-refractivity contribution in [3.05, 3.63) is 29.8 Å². The van der Waals surface area contributed by atoms with Crippen LogP contribution in [0.3, 0.4) is 0 Å². The normalized spacial score (nSPS) is 15.0. The third-order valence-electron chi connectivity index (χ3n) is 3.06. The number of para-hydroxylation sites is 1. The summed E-state index contributed by atoms with van der Waals surface area (Å²) < 4.78 is 0. The van der Waals surface area contributed by atoms with E-state index in [1.807, 2.05) is 18.2 Å². The summed E-state index contributed by atoms with van der Waals surface area (Å²) in [5.74, 6) is -0.149. The van der Waals surface area contributed by atoms with E-state index in [1.54, 1.807) is 4.90 Å². The van der Waals surface area contributed by atoms with Gasteiger partial charge in [-0.2, -0.15) is 0 Å². The fourth-order valence-electron chi connectivity index (χ4n) is 2.26. The molecule has 0 radical (unpaired) electrons. The molecule has 0 atom stereocenters. The van der Waals surface area contributed by atoms with Crippen molar-refractivity contribution in [3.8, 4) is 0 Å². The maximum absolute atomic E-state index is 12.0. The SMILES string of the molecule is CC(=O)CC(=O)N1CCCCc2ccccc21. The predicted molar refractivity (Wildman–Crippen MR) is 67.0 cm³/mol. The third-order valence-corrected chi connectivity index (χ3v) is 3.06. The molecule has 0 spiro atoms. The van der Waals surface area contributed by atoms with Gasteiger partial charge in [0.1, 0.15) is 5.78 Å². The smallest absolute Gasteiger partial charge is 0.234 e. The van der Waals surface area contributed by atoms with Crippen molar-refractivity contribution in [1.29, 1.82) is 0 Å². The number of carbonyl (C=O) groups excluding carboxylic acids is 2. The van der Waals surface area contributed by atoms with E-state index in [1.165, 1.54) is 12.5 Å². The monoisotopic (exact) mass is 231 g/mol. The standard InChI is InChI=1S/C14H17NO2/c1-11(16)10-14(17)15-9-5-4-7-12-6-2-3-8-13(12)15/h2-3,6,8H,4-5,7,9-10H2,1H3. The molecule has 0 saturated heterocycles. The van der Waals surface area contributed by atoms with Gasteiger partial charge < -0.3 is 4.90 Å². The quantitative estimate of drug-likeness (QED) is 0.733. The first-order chi connectivity index (χ1) is 8.18. The molecule has 1 aliphatic heterocycles. The zero-order valence-corrected chi connectivity index (χ0v) is 10.1. The second kappa shape index (κ2) is 5.13. The van der Waals surface area contributed by atoms with Crippen LogP contribution < -0.4 is 4.90 Å². The highest BCUT2D eigenvalue weighted by atomic mass is 16.2. The number of aryl methyl sites for hydroxylation is 1. The molecule has 1 aliphatic rings. The lowest BCUT2D eigenvalue weighted by Crippen LogP contribution is -2.32. The summed E-state index contributed by atoms with van der Waals surface area (Å²) in [6.07, 6.45) is 3.12. The molecule has 0 aromatic heterocycles. The first-order valence-corrected chi connectivity index (χ1v) is 6.06. The topological polar surface area (TPSA) is 37.4 Å². The summed E-state index contributed by atoms with van der Waals surface area (Å²) in [7, 11) is 0. The van der Waals surface area contributed by atoms with E-state index in [4.69, 9.17) is 0 Å². The number of hydrogen-bond donors (Lipinski definition) is 0. The summed E-state index contributed by atoms with van der Waals surface area (Å²) in [6, 6.07) is 7.98. The highest BCUT2D eigenvalue weighted by Gasteiger charge is 2.21. The van der Waals surface area contributed by atoms with E-state index in [0.29, 0.717) is 0 Å². The minimum Gasteiger partial charge on any atom is -0.312 e. The molecular weight excluding hydrogens is 214 g/mol. The van der Waals surface area contributed by atoms with Crippen LogP contribution in [-0.2, 0) is 16.0 Å². The second-order valence-electron chi connectivity index (χ2n) is 4.51. The Bertz CT molecular complexity index is 440. The van der Waals surface area contributed by atoms with Gasteiger partial charge in [0.05, 0.1) is 6.42 Å². The van der Waals surface area contributed by atoms with Gasteiger partial charge in [0, 0.05) is 12.2 Å². The number of rotatable bonds is 2. The fourth-order valence-corrected chi connectivity index (χ4v) is 2.26. The molecule has 17 heavy (non-hydrogen) atoms. The van der Waals surface area contributed by atoms with Gasteiger partial charge in [-0.3, -0.25) is 9.59 Å². The number of benzene rings is 1. The van der Waals surface area contributed by atoms with Gasteiger partial charge in [0.15, 0.2) is 0 Å². The number of carbonyl (C=O) groups is 2. The van der Waals surface area contributed by atoms with Crippen LogP contribution in [0.15, 0.2) is 24.3 Å². The summed E-state index contributed by atoms with van der Waals surface area (Å²) in [6.45, 7) is 2.19. The van der Waals surface area contributed by atoms with E-state index < -0.39 is 0 Å². The third kappa shape index (κ3) is 2.73. The first-order valence-electron chi connectivity index (χ1n) is 6.06. The number of anilines is 1. The lowest BCUT2D eigenvalue weighted by molar-refractivity contribution is -0.125. The molecule has 0 bridgehead atoms. The Morgan fingerprint density at radius 2 is 2.00 bits per heavy atom. The van der Waals surface area contributed by atoms with Crippen molar-refractivity contribution in [2.24, 2.45) is 0 Å². The molecule has 3 heteroatoms. The van der Waals surface area contributed by atoms with E-state index in [9.17, 15) is 9.59 Å². The van der Waals surface area contributed by atoms with Crippen LogP contribution in [0.25, 0.3) is 0 Å². The molecule has 0 unspecified atom stereocenters. The van der Waals surface area contributed by atoms with Crippen molar-refractivity contribution in [3.63, 3.8) is 0 Å². The fraction of sp³-hybridized carbons (Fsp3) is 0.429. The van der Waals surface area contributed by atoms with Crippen molar-refractivity contribution < 1.29 is 9.59 Å². The van der Waals surface area contributed by atoms with Crippen LogP contribution in [0, 0.1) is 0 Å². The highest BCUT2D eigenvalue weighted by molar-refractivity contribution is 6.05. The van der Waals surface area contributed by atoms with Gasteiger partial charge in [-0.05, 0) is 37.8 Å². The molecular formula is C14H17NO2. The van der Waals surface area contributed by atoms with E-state index >= 15 is 0 Å². The molecule has 90 valence electrons. The van der Waals surface area contributed by atoms with Crippen molar-refractivity contribution in [2.45, 2.75) is 32.6 Å². The molecule has 1 aromatic carbocycles. The van der Waals surface area contributed by atoms with Gasteiger partial charge >= 0.3 is 0 Å². The van der Waals surface area contributed by atoms with Gasteiger partial charge in [0.2, 0.25) is 5.91 Å². The molecule has 0 saturated carbocycles. The zero-order valence-electron chi connectivity index (χ0n) is 10.1. The molecule has 1 amide bonds. The number of hydrogen-bond acceptors (Lipinski definition) is 2. The molecule has 1 heterocycles. The van der Waals surface area contributed by atoms with Crippen LogP contribution in [0.1, 0.15) is 31.7 Å². The molecule has 0 N–H and O–H groups in total. The summed E-state index contributed by atoms with van der Waals surface area (Å²) in [5, 5.41) is 0. The average molecular weight is 231 g/mol. The van der Waals surface area contributed by atoms with Gasteiger partial charge in [0.25, 0.3) is 0 Å². The predicted octanol–water partition coefficient (Wildman–Crippen LogP) is 2.33. The lowest BCUT2D eigenvalue weighted by atomic mass is 10.1. The largest absolute Gasteiger partial charge is 0.312 e. The van der Waals surface area contributed by atoms with Crippen molar-refractivity contribution in [1.82, 2.24) is 0 Å². The Morgan fingerprint density at radius 1 is 1.24 bits per heavy atom. The number of fused-ring (bicyclic) bond motifs is 1. The molecule has 2 rings (SSSR count). The van der Waals surface area contributed by atoms with Crippen LogP contribution in [0.4, 0.5) is 5.69 Å². The Labute approximate surface area is 101 Å². The average Bonchev–Trinajstić information content (AvgIpc) is 2.50. The number of ketones is 1. The minimum atomic E-state index is -0.0770. The Balaban J connectivity index is 2.28. The summed E-state index contributed by atoms with van der Waals surface area (Å²) in [5.41, 5.74) is 2.19. The molecule has 1 aromatic rings. The summed E-state index contributed by atoms with van der Waals surface area (Å²) in [4.78, 5) is 24.8. The van der Waals surface area contributed by atoms with Crippen molar-refractivity contribution in [2.75, 3.05) is 11.4 Å². The van der Waals surface area contributed by atoms with Crippen molar-refractivity contribution >= 4 is 17.4 Å². The number of Topliss-reactive ketones (excluding diaryl/α,β-unsaturated/α-hetero) is 1. The van der Waals surface area contributed by atoms with Gasteiger partial charge in [-0.25, -0.2) is 0 Å². The Kier molecular flexibility index (Phi) is 3.57. The minimum absolute atomic E-state index is 0.00827. The maximum atomic E-state index is 12.0. The van der Waals surface area contributed by atoms with Crippen LogP contribution in [-0.4, -0.2) is 18.2 Å².